The fraction of sp³-hybridized carbons (Fsp3) is 0.867. The maximum atomic E-state index is 11.6. The summed E-state index contributed by atoms with van der Waals surface area (Å²) in [6.07, 6.45) is 4.21. The molecule has 0 saturated carbocycles. The largest absolute Gasteiger partial charge is 0.481 e. The Morgan fingerprint density at radius 3 is 2.57 bits per heavy atom. The van der Waals surface area contributed by atoms with Crippen molar-refractivity contribution in [3.8, 4) is 0 Å². The van der Waals surface area contributed by atoms with Crippen LogP contribution < -0.4 is 10.6 Å². The van der Waals surface area contributed by atoms with E-state index in [1.165, 1.54) is 12.8 Å². The molecule has 21 heavy (non-hydrogen) atoms. The Hall–Kier alpha value is -1.30. The first-order valence-electron chi connectivity index (χ1n) is 7.89. The molecule has 0 aromatic carbocycles. The molecule has 1 aliphatic rings. The van der Waals surface area contributed by atoms with Gasteiger partial charge in [-0.25, -0.2) is 4.79 Å². The van der Waals surface area contributed by atoms with Crippen LogP contribution in [0.4, 0.5) is 4.79 Å². The van der Waals surface area contributed by atoms with E-state index in [1.807, 2.05) is 6.92 Å². The maximum Gasteiger partial charge on any atom is 0.314 e. The van der Waals surface area contributed by atoms with E-state index >= 15 is 0 Å². The molecule has 1 rings (SSSR count). The van der Waals surface area contributed by atoms with Gasteiger partial charge in [-0.3, -0.25) is 4.79 Å². The standard InChI is InChI=1S/C15H29N3O3/c1-12(3-4-14(19)20)11-17-15(21)16-8-5-13-6-9-18(2)10-7-13/h12-13H,3-11H2,1-2H3,(H,19,20)(H2,16,17,21). The third-order valence-corrected chi connectivity index (χ3v) is 4.14. The van der Waals surface area contributed by atoms with Crippen molar-refractivity contribution in [1.82, 2.24) is 15.5 Å². The number of amides is 2. The topological polar surface area (TPSA) is 81.7 Å². The Morgan fingerprint density at radius 1 is 1.29 bits per heavy atom. The highest BCUT2D eigenvalue weighted by molar-refractivity contribution is 5.73. The molecule has 1 fully saturated rings. The van der Waals surface area contributed by atoms with E-state index in [0.29, 0.717) is 19.5 Å². The Bertz CT molecular complexity index is 328. The van der Waals surface area contributed by atoms with Gasteiger partial charge in [-0.1, -0.05) is 6.92 Å². The highest BCUT2D eigenvalue weighted by Crippen LogP contribution is 2.18. The molecule has 0 aliphatic carbocycles. The van der Waals surface area contributed by atoms with Crippen molar-refractivity contribution < 1.29 is 14.7 Å². The van der Waals surface area contributed by atoms with Gasteiger partial charge in [0.2, 0.25) is 0 Å². The monoisotopic (exact) mass is 299 g/mol. The zero-order valence-electron chi connectivity index (χ0n) is 13.2. The number of rotatable bonds is 8. The number of nitrogens with one attached hydrogen (secondary N) is 2. The normalized spacial score (nSPS) is 18.2. The molecule has 6 nitrogen and oxygen atoms in total. The molecule has 1 atom stereocenters. The first-order valence-corrected chi connectivity index (χ1v) is 7.89. The van der Waals surface area contributed by atoms with Crippen molar-refractivity contribution in [3.63, 3.8) is 0 Å². The number of nitrogens with zero attached hydrogens (tertiary/aromatic N) is 1. The quantitative estimate of drug-likeness (QED) is 0.634. The second-order valence-corrected chi connectivity index (χ2v) is 6.21. The third kappa shape index (κ3) is 8.55. The van der Waals surface area contributed by atoms with E-state index in [1.54, 1.807) is 0 Å². The Labute approximate surface area is 127 Å². The number of piperidine rings is 1. The Balaban J connectivity index is 2.02. The van der Waals surface area contributed by atoms with E-state index in [2.05, 4.69) is 22.6 Å². The lowest BCUT2D eigenvalue weighted by molar-refractivity contribution is -0.137. The lowest BCUT2D eigenvalue weighted by Gasteiger charge is -2.28. The van der Waals surface area contributed by atoms with E-state index < -0.39 is 5.97 Å². The fourth-order valence-corrected chi connectivity index (χ4v) is 2.54. The average molecular weight is 299 g/mol. The van der Waals surface area contributed by atoms with Crippen LogP contribution in [0.3, 0.4) is 0 Å². The summed E-state index contributed by atoms with van der Waals surface area (Å²) in [5.74, 6) is 0.112. The number of carboxylic acids is 1. The van der Waals surface area contributed by atoms with Gasteiger partial charge in [0.25, 0.3) is 0 Å². The van der Waals surface area contributed by atoms with E-state index in [4.69, 9.17) is 5.11 Å². The number of hydrogen-bond donors (Lipinski definition) is 3. The van der Waals surface area contributed by atoms with Gasteiger partial charge in [-0.2, -0.15) is 0 Å². The minimum atomic E-state index is -0.788. The van der Waals surface area contributed by atoms with Gasteiger partial charge in [-0.05, 0) is 57.7 Å². The van der Waals surface area contributed by atoms with Crippen LogP contribution in [-0.4, -0.2) is 55.2 Å². The molecule has 0 bridgehead atoms. The lowest BCUT2D eigenvalue weighted by Crippen LogP contribution is -2.39. The van der Waals surface area contributed by atoms with Crippen LogP contribution in [0.25, 0.3) is 0 Å². The van der Waals surface area contributed by atoms with Crippen LogP contribution in [0.5, 0.6) is 0 Å². The smallest absolute Gasteiger partial charge is 0.314 e. The van der Waals surface area contributed by atoms with Crippen molar-refractivity contribution in [2.24, 2.45) is 11.8 Å². The molecule has 0 aromatic heterocycles. The fourth-order valence-electron chi connectivity index (χ4n) is 2.54. The van der Waals surface area contributed by atoms with Crippen LogP contribution in [0.15, 0.2) is 0 Å². The van der Waals surface area contributed by atoms with Crippen molar-refractivity contribution in [2.45, 2.75) is 39.0 Å². The van der Waals surface area contributed by atoms with Crippen molar-refractivity contribution in [1.29, 1.82) is 0 Å². The molecule has 1 saturated heterocycles. The van der Waals surface area contributed by atoms with Crippen LogP contribution in [-0.2, 0) is 4.79 Å². The molecule has 122 valence electrons. The van der Waals surface area contributed by atoms with Crippen LogP contribution >= 0.6 is 0 Å². The molecule has 3 N–H and O–H groups in total. The first kappa shape index (κ1) is 17.8. The number of hydrogen-bond acceptors (Lipinski definition) is 3. The summed E-state index contributed by atoms with van der Waals surface area (Å²) >= 11 is 0. The highest BCUT2D eigenvalue weighted by Gasteiger charge is 2.16. The molecular weight excluding hydrogens is 270 g/mol. The Kier molecular flexibility index (Phi) is 8.12. The summed E-state index contributed by atoms with van der Waals surface area (Å²) in [4.78, 5) is 24.4. The molecular formula is C15H29N3O3. The van der Waals surface area contributed by atoms with Crippen molar-refractivity contribution in [2.75, 3.05) is 33.2 Å². The van der Waals surface area contributed by atoms with Gasteiger partial charge >= 0.3 is 12.0 Å². The first-order chi connectivity index (χ1) is 9.97. The van der Waals surface area contributed by atoms with Crippen molar-refractivity contribution in [3.05, 3.63) is 0 Å². The van der Waals surface area contributed by atoms with Gasteiger partial charge < -0.3 is 20.6 Å². The summed E-state index contributed by atoms with van der Waals surface area (Å²) in [5.41, 5.74) is 0. The van der Waals surface area contributed by atoms with E-state index in [-0.39, 0.29) is 18.4 Å². The molecule has 0 spiro atoms. The number of aliphatic carboxylic acids is 1. The molecule has 0 radical (unpaired) electrons. The molecule has 0 aromatic rings. The third-order valence-electron chi connectivity index (χ3n) is 4.14. The number of carbonyl (C=O) groups excluding carboxylic acids is 1. The van der Waals surface area contributed by atoms with Gasteiger partial charge in [0.15, 0.2) is 0 Å². The number of urea groups is 1. The van der Waals surface area contributed by atoms with Crippen LogP contribution in [0, 0.1) is 11.8 Å². The average Bonchev–Trinajstić information content (AvgIpc) is 2.45. The molecule has 1 aliphatic heterocycles. The van der Waals surface area contributed by atoms with Gasteiger partial charge in [-0.15, -0.1) is 0 Å². The Morgan fingerprint density at radius 2 is 1.95 bits per heavy atom. The predicted octanol–water partition coefficient (Wildman–Crippen LogP) is 1.52. The summed E-state index contributed by atoms with van der Waals surface area (Å²) in [7, 11) is 2.15. The molecule has 6 heteroatoms. The zero-order valence-corrected chi connectivity index (χ0v) is 13.2. The SMILES string of the molecule is CC(CCC(=O)O)CNC(=O)NCCC1CCN(C)CC1. The van der Waals surface area contributed by atoms with Gasteiger partial charge in [0.1, 0.15) is 0 Å². The number of likely N-dealkylation sites (tertiary alicyclic amines) is 1. The minimum absolute atomic E-state index is 0.148. The maximum absolute atomic E-state index is 11.6. The molecule has 1 unspecified atom stereocenters. The summed E-state index contributed by atoms with van der Waals surface area (Å²) in [5, 5.41) is 14.3. The number of carbonyl (C=O) groups is 2. The summed E-state index contributed by atoms with van der Waals surface area (Å²) in [6, 6.07) is -0.148. The van der Waals surface area contributed by atoms with Gasteiger partial charge in [0, 0.05) is 19.5 Å². The van der Waals surface area contributed by atoms with Crippen molar-refractivity contribution >= 4 is 12.0 Å². The minimum Gasteiger partial charge on any atom is -0.481 e. The number of carboxylic acid groups (broad SMARTS) is 1. The van der Waals surface area contributed by atoms with Crippen LogP contribution in [0.1, 0.15) is 39.0 Å². The highest BCUT2D eigenvalue weighted by atomic mass is 16.4. The lowest BCUT2D eigenvalue weighted by atomic mass is 9.94. The van der Waals surface area contributed by atoms with E-state index in [9.17, 15) is 9.59 Å². The summed E-state index contributed by atoms with van der Waals surface area (Å²) in [6.45, 7) is 5.48. The molecule has 2 amide bonds. The second-order valence-electron chi connectivity index (χ2n) is 6.21. The predicted molar refractivity (Wildman–Crippen MR) is 82.3 cm³/mol. The molecule has 1 heterocycles. The summed E-state index contributed by atoms with van der Waals surface area (Å²) < 4.78 is 0. The zero-order chi connectivity index (χ0) is 15.7. The van der Waals surface area contributed by atoms with Crippen LogP contribution in [0.2, 0.25) is 0 Å². The van der Waals surface area contributed by atoms with Gasteiger partial charge in [0.05, 0.1) is 0 Å². The van der Waals surface area contributed by atoms with E-state index in [0.717, 1.165) is 25.4 Å². The second kappa shape index (κ2) is 9.60.